The van der Waals surface area contributed by atoms with Crippen LogP contribution in [0.15, 0.2) is 0 Å². The Morgan fingerprint density at radius 1 is 1.41 bits per heavy atom. The summed E-state index contributed by atoms with van der Waals surface area (Å²) in [6, 6.07) is -0.876. The summed E-state index contributed by atoms with van der Waals surface area (Å²) in [5.41, 5.74) is 4.58. The molecule has 1 aliphatic rings. The number of aliphatic carboxylic acids is 1. The fraction of sp³-hybridized carbons (Fsp3) is 0.833. The van der Waals surface area contributed by atoms with Crippen LogP contribution < -0.4 is 11.1 Å². The first kappa shape index (κ1) is 14.0. The van der Waals surface area contributed by atoms with E-state index in [0.29, 0.717) is 0 Å². The zero-order valence-corrected chi connectivity index (χ0v) is 10.7. The van der Waals surface area contributed by atoms with E-state index in [1.807, 2.05) is 0 Å². The summed E-state index contributed by atoms with van der Waals surface area (Å²) in [7, 11) is 0. The summed E-state index contributed by atoms with van der Waals surface area (Å²) < 4.78 is 0. The van der Waals surface area contributed by atoms with Crippen molar-refractivity contribution in [3.63, 3.8) is 0 Å². The molecule has 1 fully saturated rings. The zero-order chi connectivity index (χ0) is 13.3. The van der Waals surface area contributed by atoms with Crippen LogP contribution in [0.4, 0.5) is 0 Å². The van der Waals surface area contributed by atoms with Crippen molar-refractivity contribution in [2.45, 2.75) is 46.1 Å². The van der Waals surface area contributed by atoms with Gasteiger partial charge in [0.15, 0.2) is 0 Å². The second-order valence-electron chi connectivity index (χ2n) is 5.95. The number of amides is 1. The van der Waals surface area contributed by atoms with Gasteiger partial charge in [-0.25, -0.2) is 4.79 Å². The maximum Gasteiger partial charge on any atom is 0.326 e. The van der Waals surface area contributed by atoms with Crippen LogP contribution in [0, 0.1) is 10.8 Å². The van der Waals surface area contributed by atoms with Gasteiger partial charge in [-0.3, -0.25) is 4.79 Å². The van der Waals surface area contributed by atoms with Gasteiger partial charge in [0.2, 0.25) is 5.91 Å². The van der Waals surface area contributed by atoms with E-state index in [0.717, 1.165) is 19.3 Å². The molecule has 0 saturated heterocycles. The lowest BCUT2D eigenvalue weighted by Crippen LogP contribution is -2.57. The summed E-state index contributed by atoms with van der Waals surface area (Å²) >= 11 is 0. The van der Waals surface area contributed by atoms with Gasteiger partial charge in [-0.05, 0) is 18.3 Å². The molecule has 0 bridgehead atoms. The van der Waals surface area contributed by atoms with Crippen LogP contribution in [-0.2, 0) is 9.59 Å². The lowest BCUT2D eigenvalue weighted by Gasteiger charge is -2.41. The number of rotatable bonds is 4. The summed E-state index contributed by atoms with van der Waals surface area (Å²) in [4.78, 5) is 23.2. The summed E-state index contributed by atoms with van der Waals surface area (Å²) in [6.45, 7) is 5.67. The quantitative estimate of drug-likeness (QED) is 0.677. The monoisotopic (exact) mass is 242 g/mol. The van der Waals surface area contributed by atoms with Gasteiger partial charge in [-0.1, -0.05) is 27.2 Å². The molecular weight excluding hydrogens is 220 g/mol. The number of hydrogen-bond acceptors (Lipinski definition) is 3. The number of carboxylic acids is 1. The normalized spacial score (nSPS) is 20.2. The highest BCUT2D eigenvalue weighted by Crippen LogP contribution is 2.40. The van der Waals surface area contributed by atoms with Crippen LogP contribution in [-0.4, -0.2) is 29.6 Å². The Balaban J connectivity index is 2.75. The van der Waals surface area contributed by atoms with E-state index in [-0.39, 0.29) is 12.5 Å². The number of nitrogens with two attached hydrogens (primary N) is 1. The summed E-state index contributed by atoms with van der Waals surface area (Å²) in [5, 5.41) is 11.8. The van der Waals surface area contributed by atoms with Crippen molar-refractivity contribution in [2.24, 2.45) is 16.6 Å². The molecule has 0 heterocycles. The number of carbonyl (C=O) groups excluding carboxylic acids is 1. The second-order valence-corrected chi connectivity index (χ2v) is 5.95. The molecule has 1 amide bonds. The van der Waals surface area contributed by atoms with E-state index < -0.39 is 22.8 Å². The van der Waals surface area contributed by atoms with Gasteiger partial charge in [0.1, 0.15) is 6.04 Å². The molecule has 1 aliphatic carbocycles. The Hall–Kier alpha value is -1.10. The highest BCUT2D eigenvalue weighted by atomic mass is 16.4. The molecule has 17 heavy (non-hydrogen) atoms. The van der Waals surface area contributed by atoms with Gasteiger partial charge < -0.3 is 16.2 Å². The molecule has 0 radical (unpaired) electrons. The van der Waals surface area contributed by atoms with E-state index in [1.54, 1.807) is 20.8 Å². The van der Waals surface area contributed by atoms with Crippen molar-refractivity contribution < 1.29 is 14.7 Å². The molecule has 1 unspecified atom stereocenters. The summed E-state index contributed by atoms with van der Waals surface area (Å²) in [6.07, 6.45) is 2.50. The Kier molecular flexibility index (Phi) is 3.81. The largest absolute Gasteiger partial charge is 0.480 e. The van der Waals surface area contributed by atoms with Gasteiger partial charge in [0, 0.05) is 6.54 Å². The maximum absolute atomic E-state index is 12.1. The van der Waals surface area contributed by atoms with Crippen molar-refractivity contribution in [3.8, 4) is 0 Å². The molecule has 1 rings (SSSR count). The predicted molar refractivity (Wildman–Crippen MR) is 64.4 cm³/mol. The number of nitrogens with one attached hydrogen (secondary N) is 1. The first-order valence-corrected chi connectivity index (χ1v) is 5.97. The molecular formula is C12H22N2O3. The highest BCUT2D eigenvalue weighted by Gasteiger charge is 2.45. The average molecular weight is 242 g/mol. The van der Waals surface area contributed by atoms with Crippen molar-refractivity contribution in [1.29, 1.82) is 0 Å². The van der Waals surface area contributed by atoms with E-state index >= 15 is 0 Å². The highest BCUT2D eigenvalue weighted by molar-refractivity contribution is 5.88. The van der Waals surface area contributed by atoms with Crippen LogP contribution in [0.3, 0.4) is 0 Å². The number of carbonyl (C=O) groups is 2. The second kappa shape index (κ2) is 4.64. The molecule has 0 aliphatic heterocycles. The third kappa shape index (κ3) is 2.77. The van der Waals surface area contributed by atoms with Crippen molar-refractivity contribution >= 4 is 11.9 Å². The Labute approximate surface area is 102 Å². The third-order valence-corrected chi connectivity index (χ3v) is 3.57. The fourth-order valence-corrected chi connectivity index (χ4v) is 2.06. The maximum atomic E-state index is 12.1. The topological polar surface area (TPSA) is 92.4 Å². The van der Waals surface area contributed by atoms with Gasteiger partial charge in [0.05, 0.1) is 5.41 Å². The van der Waals surface area contributed by atoms with Crippen LogP contribution in [0.25, 0.3) is 0 Å². The predicted octanol–water partition coefficient (Wildman–Crippen LogP) is 0.731. The number of carboxylic acid groups (broad SMARTS) is 1. The fourth-order valence-electron chi connectivity index (χ4n) is 2.06. The van der Waals surface area contributed by atoms with E-state index in [2.05, 4.69) is 5.32 Å². The lowest BCUT2D eigenvalue weighted by atomic mass is 9.68. The molecule has 4 N–H and O–H groups in total. The van der Waals surface area contributed by atoms with E-state index in [1.165, 1.54) is 0 Å². The average Bonchev–Trinajstić information content (AvgIpc) is 2.10. The van der Waals surface area contributed by atoms with Gasteiger partial charge in [-0.2, -0.15) is 0 Å². The van der Waals surface area contributed by atoms with Crippen LogP contribution >= 0.6 is 0 Å². The van der Waals surface area contributed by atoms with E-state index in [4.69, 9.17) is 10.8 Å². The van der Waals surface area contributed by atoms with Crippen molar-refractivity contribution in [1.82, 2.24) is 5.32 Å². The molecule has 1 saturated carbocycles. The minimum Gasteiger partial charge on any atom is -0.480 e. The van der Waals surface area contributed by atoms with Gasteiger partial charge in [-0.15, -0.1) is 0 Å². The Bertz CT molecular complexity index is 311. The van der Waals surface area contributed by atoms with Crippen LogP contribution in [0.1, 0.15) is 40.0 Å². The SMILES string of the molecule is CC(C)(C)C(NC(=O)C1(CN)CCC1)C(=O)O. The lowest BCUT2D eigenvalue weighted by molar-refractivity contribution is -0.148. The first-order valence-electron chi connectivity index (χ1n) is 5.97. The first-order chi connectivity index (χ1) is 7.73. The standard InChI is InChI=1S/C12H22N2O3/c1-11(2,3)8(9(15)16)14-10(17)12(7-13)5-4-6-12/h8H,4-7,13H2,1-3H3,(H,14,17)(H,15,16). The van der Waals surface area contributed by atoms with E-state index in [9.17, 15) is 9.59 Å². The Morgan fingerprint density at radius 2 is 1.94 bits per heavy atom. The van der Waals surface area contributed by atoms with Crippen LogP contribution in [0.5, 0.6) is 0 Å². The molecule has 0 aromatic carbocycles. The number of hydrogen-bond donors (Lipinski definition) is 3. The van der Waals surface area contributed by atoms with Gasteiger partial charge >= 0.3 is 5.97 Å². The zero-order valence-electron chi connectivity index (χ0n) is 10.7. The molecule has 1 atom stereocenters. The van der Waals surface area contributed by atoms with Crippen molar-refractivity contribution in [3.05, 3.63) is 0 Å². The van der Waals surface area contributed by atoms with Gasteiger partial charge in [0.25, 0.3) is 0 Å². The molecule has 5 heteroatoms. The molecule has 98 valence electrons. The summed E-state index contributed by atoms with van der Waals surface area (Å²) in [5.74, 6) is -1.22. The third-order valence-electron chi connectivity index (χ3n) is 3.57. The van der Waals surface area contributed by atoms with Crippen LogP contribution in [0.2, 0.25) is 0 Å². The molecule has 0 aromatic heterocycles. The molecule has 5 nitrogen and oxygen atoms in total. The molecule has 0 aromatic rings. The van der Waals surface area contributed by atoms with Crippen molar-refractivity contribution in [2.75, 3.05) is 6.54 Å². The molecule has 0 spiro atoms. The minimum atomic E-state index is -1.00. The minimum absolute atomic E-state index is 0.214. The Morgan fingerprint density at radius 3 is 2.18 bits per heavy atom. The smallest absolute Gasteiger partial charge is 0.326 e.